The van der Waals surface area contributed by atoms with Gasteiger partial charge in [-0.25, -0.2) is 4.98 Å². The molecule has 3 atom stereocenters. The number of fused-ring (bicyclic) bond motifs is 4. The maximum absolute atomic E-state index is 13.0. The quantitative estimate of drug-likeness (QED) is 0.607. The van der Waals surface area contributed by atoms with Crippen LogP contribution < -0.4 is 10.9 Å². The van der Waals surface area contributed by atoms with Crippen LogP contribution in [0.1, 0.15) is 41.5 Å². The predicted molar refractivity (Wildman–Crippen MR) is 110 cm³/mol. The molecule has 0 aromatic carbocycles. The van der Waals surface area contributed by atoms with E-state index in [1.54, 1.807) is 21.6 Å². The van der Waals surface area contributed by atoms with Crippen molar-refractivity contribution < 1.29 is 24.6 Å². The monoisotopic (exact) mass is 428 g/mol. The number of hydrogen-bond acceptors (Lipinski definition) is 6. The SMILES string of the molecule is CC(=O)NC[C@H]1[C@H]2C[C@H](CN(C(=O)c3ncccc3O)C2)c2cccc(=O)n21.O=CO. The lowest BCUT2D eigenvalue weighted by Crippen LogP contribution is -2.53. The van der Waals surface area contributed by atoms with Gasteiger partial charge in [0, 0.05) is 50.4 Å². The molecule has 2 aliphatic heterocycles. The molecular formula is C21H24N4O6. The molecule has 10 nitrogen and oxygen atoms in total. The van der Waals surface area contributed by atoms with Crippen LogP contribution in [-0.4, -0.2) is 62.6 Å². The molecule has 3 N–H and O–H groups in total. The van der Waals surface area contributed by atoms with E-state index in [0.29, 0.717) is 19.6 Å². The molecule has 1 fully saturated rings. The van der Waals surface area contributed by atoms with Gasteiger partial charge in [0.05, 0.1) is 6.04 Å². The highest BCUT2D eigenvalue weighted by molar-refractivity contribution is 5.94. The van der Waals surface area contributed by atoms with Gasteiger partial charge in [0.2, 0.25) is 5.91 Å². The van der Waals surface area contributed by atoms with Crippen molar-refractivity contribution >= 4 is 18.3 Å². The fourth-order valence-electron chi connectivity index (χ4n) is 4.43. The molecule has 0 aliphatic carbocycles. The van der Waals surface area contributed by atoms with E-state index in [1.165, 1.54) is 25.3 Å². The van der Waals surface area contributed by atoms with Crippen molar-refractivity contribution in [1.82, 2.24) is 19.8 Å². The highest BCUT2D eigenvalue weighted by Crippen LogP contribution is 2.41. The summed E-state index contributed by atoms with van der Waals surface area (Å²) in [6.07, 6.45) is 2.32. The number of aromatic hydroxyl groups is 1. The average Bonchev–Trinajstić information content (AvgIpc) is 2.74. The largest absolute Gasteiger partial charge is 0.505 e. The Morgan fingerprint density at radius 3 is 2.68 bits per heavy atom. The Morgan fingerprint density at radius 2 is 2.00 bits per heavy atom. The topological polar surface area (TPSA) is 142 Å². The minimum Gasteiger partial charge on any atom is -0.505 e. The van der Waals surface area contributed by atoms with E-state index < -0.39 is 0 Å². The molecular weight excluding hydrogens is 404 g/mol. The number of carbonyl (C=O) groups is 3. The van der Waals surface area contributed by atoms with Crippen molar-refractivity contribution in [2.24, 2.45) is 5.92 Å². The summed E-state index contributed by atoms with van der Waals surface area (Å²) >= 11 is 0. The minimum absolute atomic E-state index is 0.0213. The summed E-state index contributed by atoms with van der Waals surface area (Å²) in [6, 6.07) is 7.96. The Labute approximate surface area is 178 Å². The summed E-state index contributed by atoms with van der Waals surface area (Å²) in [6.45, 7) is 2.43. The average molecular weight is 428 g/mol. The summed E-state index contributed by atoms with van der Waals surface area (Å²) in [4.78, 5) is 51.1. The first-order valence-electron chi connectivity index (χ1n) is 9.84. The van der Waals surface area contributed by atoms with Crippen LogP contribution in [0.15, 0.2) is 41.3 Å². The fraction of sp³-hybridized carbons (Fsp3) is 0.381. The number of likely N-dealkylation sites (tertiary alicyclic amines) is 1. The highest BCUT2D eigenvalue weighted by Gasteiger charge is 2.42. The standard InChI is InChI=1S/C20H22N4O4.CH2O2/c1-12(25)22-9-16-14-8-13(15-4-2-6-18(27)24(15)16)10-23(11-14)20(28)19-17(26)5-3-7-21-19;2-1-3/h2-7,13-14,16,26H,8-11H2,1H3,(H,22,25);1H,(H,2,3)/t13-,14+,16+;/m1./s1. The molecule has 1 saturated heterocycles. The summed E-state index contributed by atoms with van der Waals surface area (Å²) in [7, 11) is 0. The molecule has 2 aromatic heterocycles. The van der Waals surface area contributed by atoms with E-state index >= 15 is 0 Å². The third kappa shape index (κ3) is 4.57. The van der Waals surface area contributed by atoms with Gasteiger partial charge in [0.15, 0.2) is 5.69 Å². The van der Waals surface area contributed by atoms with Crippen molar-refractivity contribution in [2.75, 3.05) is 19.6 Å². The Morgan fingerprint density at radius 1 is 1.26 bits per heavy atom. The zero-order chi connectivity index (χ0) is 22.5. The number of carboxylic acid groups (broad SMARTS) is 1. The molecule has 2 bridgehead atoms. The molecule has 0 unspecified atom stereocenters. The van der Waals surface area contributed by atoms with E-state index in [9.17, 15) is 19.5 Å². The van der Waals surface area contributed by atoms with Gasteiger partial charge in [-0.3, -0.25) is 19.2 Å². The summed E-state index contributed by atoms with van der Waals surface area (Å²) in [5, 5.41) is 19.7. The Kier molecular flexibility index (Phi) is 6.68. The Balaban J connectivity index is 0.000000858. The second-order valence-corrected chi connectivity index (χ2v) is 7.54. The van der Waals surface area contributed by atoms with Gasteiger partial charge in [-0.1, -0.05) is 6.07 Å². The van der Waals surface area contributed by atoms with E-state index in [0.717, 1.165) is 12.1 Å². The van der Waals surface area contributed by atoms with Crippen molar-refractivity contribution in [3.63, 3.8) is 0 Å². The second-order valence-electron chi connectivity index (χ2n) is 7.54. The van der Waals surface area contributed by atoms with Crippen LogP contribution in [0, 0.1) is 5.92 Å². The first-order valence-corrected chi connectivity index (χ1v) is 9.84. The molecule has 164 valence electrons. The molecule has 2 aliphatic rings. The zero-order valence-corrected chi connectivity index (χ0v) is 17.0. The maximum Gasteiger partial charge on any atom is 0.290 e. The maximum atomic E-state index is 13.0. The van der Waals surface area contributed by atoms with Gasteiger partial charge in [0.25, 0.3) is 17.9 Å². The molecule has 4 rings (SSSR count). The number of pyridine rings is 2. The Bertz CT molecular complexity index is 1040. The van der Waals surface area contributed by atoms with E-state index in [1.807, 2.05) is 6.07 Å². The van der Waals surface area contributed by atoms with Gasteiger partial charge in [0.1, 0.15) is 5.75 Å². The van der Waals surface area contributed by atoms with Crippen LogP contribution in [-0.2, 0) is 9.59 Å². The fourth-order valence-corrected chi connectivity index (χ4v) is 4.43. The highest BCUT2D eigenvalue weighted by atomic mass is 16.3. The third-order valence-corrected chi connectivity index (χ3v) is 5.63. The van der Waals surface area contributed by atoms with Crippen LogP contribution in [0.5, 0.6) is 5.75 Å². The second kappa shape index (κ2) is 9.41. The predicted octanol–water partition coefficient (Wildman–Crippen LogP) is 0.586. The number of aromatic nitrogens is 2. The number of nitrogens with zero attached hydrogens (tertiary/aromatic N) is 3. The minimum atomic E-state index is -0.321. The Hall–Kier alpha value is -3.69. The molecule has 0 radical (unpaired) electrons. The summed E-state index contributed by atoms with van der Waals surface area (Å²) in [5.41, 5.74) is 0.817. The lowest BCUT2D eigenvalue weighted by Gasteiger charge is -2.46. The number of piperidine rings is 1. The molecule has 10 heteroatoms. The molecule has 4 heterocycles. The van der Waals surface area contributed by atoms with E-state index in [-0.39, 0.29) is 53.2 Å². The summed E-state index contributed by atoms with van der Waals surface area (Å²) < 4.78 is 1.77. The van der Waals surface area contributed by atoms with Crippen molar-refractivity contribution in [1.29, 1.82) is 0 Å². The lowest BCUT2D eigenvalue weighted by molar-refractivity contribution is -0.123. The molecule has 0 saturated carbocycles. The molecule has 31 heavy (non-hydrogen) atoms. The zero-order valence-electron chi connectivity index (χ0n) is 17.0. The number of amides is 2. The van der Waals surface area contributed by atoms with Crippen molar-refractivity contribution in [3.8, 4) is 5.75 Å². The van der Waals surface area contributed by atoms with Gasteiger partial charge < -0.3 is 25.0 Å². The van der Waals surface area contributed by atoms with Gasteiger partial charge in [-0.05, 0) is 30.5 Å². The normalized spacial score (nSPS) is 21.2. The van der Waals surface area contributed by atoms with E-state index in [4.69, 9.17) is 9.90 Å². The van der Waals surface area contributed by atoms with Crippen molar-refractivity contribution in [2.45, 2.75) is 25.3 Å². The van der Waals surface area contributed by atoms with Gasteiger partial charge in [-0.15, -0.1) is 0 Å². The van der Waals surface area contributed by atoms with Gasteiger partial charge >= 0.3 is 0 Å². The smallest absolute Gasteiger partial charge is 0.290 e. The third-order valence-electron chi connectivity index (χ3n) is 5.63. The first kappa shape index (κ1) is 22.0. The number of hydrogen-bond donors (Lipinski definition) is 3. The number of rotatable bonds is 3. The van der Waals surface area contributed by atoms with Crippen molar-refractivity contribution in [3.05, 3.63) is 58.3 Å². The molecule has 0 spiro atoms. The van der Waals surface area contributed by atoms with Crippen LogP contribution in [0.25, 0.3) is 0 Å². The lowest BCUT2D eigenvalue weighted by atomic mass is 9.78. The summed E-state index contributed by atoms with van der Waals surface area (Å²) in [5.74, 6) is -0.578. The molecule has 2 amide bonds. The number of nitrogens with one attached hydrogen (secondary N) is 1. The molecule has 2 aromatic rings. The van der Waals surface area contributed by atoms with Crippen LogP contribution in [0.3, 0.4) is 0 Å². The van der Waals surface area contributed by atoms with Gasteiger partial charge in [-0.2, -0.15) is 0 Å². The van der Waals surface area contributed by atoms with E-state index in [2.05, 4.69) is 10.3 Å². The van der Waals surface area contributed by atoms with Crippen LogP contribution in [0.4, 0.5) is 0 Å². The van der Waals surface area contributed by atoms with Crippen LogP contribution >= 0.6 is 0 Å². The number of carbonyl (C=O) groups excluding carboxylic acids is 2. The first-order chi connectivity index (χ1) is 14.9. The van der Waals surface area contributed by atoms with Crippen LogP contribution in [0.2, 0.25) is 0 Å².